The first kappa shape index (κ1) is 59.7. The van der Waals surface area contributed by atoms with Crippen molar-refractivity contribution in [2.45, 2.75) is 186 Å². The number of primary amides is 1. The standard InChI is InChI=1S/C46H82N12O11/c1-25(2)24-32(54-43(65)36(26(3)4)55-38(60)29(49)14-8-10-20-47)44(66)57-22-12-17-34(57)42(64)56-37(27(5)6)45(67)58-23-13-16-33(58)41(63)53-31(18-19-35(50)59)40(62)52-30(15-9-11-21-48)39(61)51-28(7)46(68)69/h25-34,36-37H,8-24,47-49H2,1-7H3,(H2,50,59)(H,51,61)(H,52,62)(H,53,63)(H,54,65)(H,55,60)(H,56,64)(H,68,69)/t28-,29-,30-,31-,32-,33-,34-,36-,37-/m0/s1. The van der Waals surface area contributed by atoms with Crippen molar-refractivity contribution >= 4 is 59.1 Å². The van der Waals surface area contributed by atoms with E-state index in [0.717, 1.165) is 0 Å². The Labute approximate surface area is 406 Å². The van der Waals surface area contributed by atoms with Crippen LogP contribution in [0.1, 0.15) is 132 Å². The van der Waals surface area contributed by atoms with Crippen LogP contribution in [0.3, 0.4) is 0 Å². The highest BCUT2D eigenvalue weighted by Gasteiger charge is 2.43. The van der Waals surface area contributed by atoms with Crippen molar-refractivity contribution < 1.29 is 53.1 Å². The van der Waals surface area contributed by atoms with Crippen molar-refractivity contribution in [3.63, 3.8) is 0 Å². The number of likely N-dealkylation sites (tertiary alicyclic amines) is 2. The van der Waals surface area contributed by atoms with E-state index < -0.39 is 119 Å². The number of carboxylic acid groups (broad SMARTS) is 1. The van der Waals surface area contributed by atoms with Crippen LogP contribution < -0.4 is 54.8 Å². The number of carboxylic acids is 1. The number of carbonyl (C=O) groups is 10. The first-order chi connectivity index (χ1) is 32.4. The molecule has 0 bridgehead atoms. The average Bonchev–Trinajstić information content (AvgIpc) is 3.98. The predicted molar refractivity (Wildman–Crippen MR) is 256 cm³/mol. The van der Waals surface area contributed by atoms with Crippen LogP contribution in [0.4, 0.5) is 0 Å². The van der Waals surface area contributed by atoms with E-state index in [1.165, 1.54) is 16.7 Å². The summed E-state index contributed by atoms with van der Waals surface area (Å²) in [5.74, 6) is -8.00. The lowest BCUT2D eigenvalue weighted by atomic mass is 9.98. The Morgan fingerprint density at radius 2 is 1.06 bits per heavy atom. The van der Waals surface area contributed by atoms with Gasteiger partial charge in [0.1, 0.15) is 48.3 Å². The van der Waals surface area contributed by atoms with Gasteiger partial charge in [-0.25, -0.2) is 0 Å². The Bertz CT molecular complexity index is 1780. The predicted octanol–water partition coefficient (Wildman–Crippen LogP) is -1.81. The minimum atomic E-state index is -1.38. The molecule has 69 heavy (non-hydrogen) atoms. The minimum absolute atomic E-state index is 0.0530. The summed E-state index contributed by atoms with van der Waals surface area (Å²) in [6, 6.07) is -9.95. The summed E-state index contributed by atoms with van der Waals surface area (Å²) in [4.78, 5) is 136. The number of nitrogens with two attached hydrogens (primary N) is 4. The quantitative estimate of drug-likeness (QED) is 0.0354. The van der Waals surface area contributed by atoms with Crippen LogP contribution in [-0.4, -0.2) is 155 Å². The number of unbranched alkanes of at least 4 members (excludes halogenated alkanes) is 2. The smallest absolute Gasteiger partial charge is 0.325 e. The summed E-state index contributed by atoms with van der Waals surface area (Å²) in [6.45, 7) is 13.1. The van der Waals surface area contributed by atoms with Gasteiger partial charge in [-0.3, -0.25) is 47.9 Å². The second-order valence-electron chi connectivity index (χ2n) is 19.4. The fourth-order valence-corrected chi connectivity index (χ4v) is 8.37. The lowest BCUT2D eigenvalue weighted by Crippen LogP contribution is -2.61. The van der Waals surface area contributed by atoms with Crippen LogP contribution in [0, 0.1) is 17.8 Å². The molecule has 9 atom stereocenters. The van der Waals surface area contributed by atoms with Gasteiger partial charge >= 0.3 is 5.97 Å². The van der Waals surface area contributed by atoms with Gasteiger partial charge in [0.05, 0.1) is 6.04 Å². The van der Waals surface area contributed by atoms with Gasteiger partial charge in [0.2, 0.25) is 53.2 Å². The maximum Gasteiger partial charge on any atom is 0.325 e. The van der Waals surface area contributed by atoms with Crippen molar-refractivity contribution in [1.82, 2.24) is 41.7 Å². The van der Waals surface area contributed by atoms with Crippen molar-refractivity contribution in [3.05, 3.63) is 0 Å². The Hall–Kier alpha value is -5.42. The molecule has 0 aromatic heterocycles. The first-order valence-electron chi connectivity index (χ1n) is 24.5. The second-order valence-corrected chi connectivity index (χ2v) is 19.4. The zero-order valence-corrected chi connectivity index (χ0v) is 41.7. The third-order valence-electron chi connectivity index (χ3n) is 12.4. The molecule has 2 aliphatic heterocycles. The molecule has 0 spiro atoms. The van der Waals surface area contributed by atoms with Crippen LogP contribution in [-0.2, 0) is 47.9 Å². The first-order valence-corrected chi connectivity index (χ1v) is 24.5. The molecule has 0 saturated carbocycles. The lowest BCUT2D eigenvalue weighted by Gasteiger charge is -2.34. The van der Waals surface area contributed by atoms with Gasteiger partial charge in [0, 0.05) is 19.5 Å². The van der Waals surface area contributed by atoms with Gasteiger partial charge in [-0.1, -0.05) is 48.0 Å². The number of carbonyl (C=O) groups excluding carboxylic acids is 9. The van der Waals surface area contributed by atoms with Gasteiger partial charge < -0.3 is 69.7 Å². The molecular formula is C46H82N12O11. The normalized spacial score (nSPS) is 18.9. The molecular weight excluding hydrogens is 897 g/mol. The summed E-state index contributed by atoms with van der Waals surface area (Å²) in [6.07, 6.45) is 3.76. The highest BCUT2D eigenvalue weighted by atomic mass is 16.4. The second kappa shape index (κ2) is 29.6. The van der Waals surface area contributed by atoms with Crippen LogP contribution in [0.15, 0.2) is 0 Å². The van der Waals surface area contributed by atoms with E-state index >= 15 is 0 Å². The molecule has 23 heteroatoms. The number of nitrogens with zero attached hydrogens (tertiary/aromatic N) is 2. The number of hydrogen-bond donors (Lipinski definition) is 11. The van der Waals surface area contributed by atoms with E-state index in [4.69, 9.17) is 22.9 Å². The number of amides is 9. The fourth-order valence-electron chi connectivity index (χ4n) is 8.37. The Morgan fingerprint density at radius 1 is 0.565 bits per heavy atom. The van der Waals surface area contributed by atoms with E-state index in [2.05, 4.69) is 31.9 Å². The number of rotatable bonds is 30. The Kier molecular flexibility index (Phi) is 25.6. The largest absolute Gasteiger partial charge is 0.480 e. The fraction of sp³-hybridized carbons (Fsp3) is 0.783. The minimum Gasteiger partial charge on any atom is -0.480 e. The summed E-state index contributed by atoms with van der Waals surface area (Å²) in [7, 11) is 0. The number of aliphatic carboxylic acids is 1. The molecule has 2 saturated heterocycles. The topological polar surface area (TPSA) is 374 Å². The Morgan fingerprint density at radius 3 is 1.57 bits per heavy atom. The van der Waals surface area contributed by atoms with Gasteiger partial charge in [-0.05, 0) is 108 Å². The van der Waals surface area contributed by atoms with Crippen LogP contribution in [0.5, 0.6) is 0 Å². The monoisotopic (exact) mass is 979 g/mol. The van der Waals surface area contributed by atoms with Gasteiger partial charge in [-0.15, -0.1) is 0 Å². The summed E-state index contributed by atoms with van der Waals surface area (Å²) >= 11 is 0. The van der Waals surface area contributed by atoms with Crippen LogP contribution >= 0.6 is 0 Å². The lowest BCUT2D eigenvalue weighted by molar-refractivity contribution is -0.145. The number of nitrogens with one attached hydrogen (secondary N) is 6. The van der Waals surface area contributed by atoms with E-state index in [0.29, 0.717) is 58.0 Å². The van der Waals surface area contributed by atoms with E-state index in [1.807, 2.05) is 13.8 Å². The van der Waals surface area contributed by atoms with E-state index in [9.17, 15) is 53.1 Å². The average molecular weight is 979 g/mol. The van der Waals surface area contributed by atoms with E-state index in [-0.39, 0.29) is 63.5 Å². The molecule has 2 rings (SSSR count). The third-order valence-corrected chi connectivity index (χ3v) is 12.4. The SMILES string of the molecule is CC(C)C[C@H](NC(=O)[C@@H](NC(=O)[C@@H](N)CCCCN)C(C)C)C(=O)N1CCC[C@H]1C(=O)N[C@H](C(=O)N1CCC[C@H]1C(=O)N[C@@H](CCC(N)=O)C(=O)N[C@@H](CCCCN)C(=O)N[C@@H](C)C(=O)O)C(C)C. The summed E-state index contributed by atoms with van der Waals surface area (Å²) in [5, 5.41) is 25.3. The maximum absolute atomic E-state index is 14.4. The molecule has 0 radical (unpaired) electrons. The zero-order valence-electron chi connectivity index (χ0n) is 41.7. The molecule has 0 aromatic rings. The molecule has 0 aliphatic carbocycles. The molecule has 23 nitrogen and oxygen atoms in total. The van der Waals surface area contributed by atoms with Crippen LogP contribution in [0.2, 0.25) is 0 Å². The van der Waals surface area contributed by atoms with Gasteiger partial charge in [0.25, 0.3) is 0 Å². The van der Waals surface area contributed by atoms with Crippen molar-refractivity contribution in [2.24, 2.45) is 40.7 Å². The number of hydrogen-bond acceptors (Lipinski definition) is 13. The highest BCUT2D eigenvalue weighted by Crippen LogP contribution is 2.24. The van der Waals surface area contributed by atoms with Crippen LogP contribution in [0.25, 0.3) is 0 Å². The third kappa shape index (κ3) is 19.1. The maximum atomic E-state index is 14.4. The molecule has 0 aromatic carbocycles. The molecule has 2 aliphatic rings. The Balaban J connectivity index is 2.28. The molecule has 9 amide bonds. The van der Waals surface area contributed by atoms with Gasteiger partial charge in [-0.2, -0.15) is 0 Å². The summed E-state index contributed by atoms with van der Waals surface area (Å²) < 4.78 is 0. The molecule has 2 heterocycles. The summed E-state index contributed by atoms with van der Waals surface area (Å²) in [5.41, 5.74) is 22.7. The van der Waals surface area contributed by atoms with Gasteiger partial charge in [0.15, 0.2) is 0 Å². The zero-order chi connectivity index (χ0) is 52.1. The van der Waals surface area contributed by atoms with Crippen molar-refractivity contribution in [3.8, 4) is 0 Å². The van der Waals surface area contributed by atoms with Crippen molar-refractivity contribution in [2.75, 3.05) is 26.2 Å². The molecule has 2 fully saturated rings. The molecule has 15 N–H and O–H groups in total. The highest BCUT2D eigenvalue weighted by molar-refractivity contribution is 5.98. The molecule has 392 valence electrons. The van der Waals surface area contributed by atoms with Crippen molar-refractivity contribution in [1.29, 1.82) is 0 Å². The van der Waals surface area contributed by atoms with E-state index in [1.54, 1.807) is 27.7 Å². The molecule has 0 unspecified atom stereocenters.